The number of hydrogen-bond acceptors (Lipinski definition) is 4. The highest BCUT2D eigenvalue weighted by Crippen LogP contribution is 2.29. The van der Waals surface area contributed by atoms with Crippen molar-refractivity contribution in [1.82, 2.24) is 9.97 Å². The Balaban J connectivity index is 2.08. The fourth-order valence-electron chi connectivity index (χ4n) is 1.71. The van der Waals surface area contributed by atoms with Crippen LogP contribution in [0.1, 0.15) is 18.5 Å². The van der Waals surface area contributed by atoms with Gasteiger partial charge in [-0.15, -0.1) is 0 Å². The summed E-state index contributed by atoms with van der Waals surface area (Å²) >= 11 is 0. The second-order valence-electron chi connectivity index (χ2n) is 3.87. The minimum Gasteiger partial charge on any atom is -0.390 e. The SMILES string of the molecule is OCc1cc(N2CCC(F)(F)CC2)ncn1. The van der Waals surface area contributed by atoms with Gasteiger partial charge in [0.25, 0.3) is 5.92 Å². The van der Waals surface area contributed by atoms with Crippen LogP contribution in [0.2, 0.25) is 0 Å². The fraction of sp³-hybridized carbons (Fsp3) is 0.600. The molecule has 6 heteroatoms. The van der Waals surface area contributed by atoms with E-state index in [0.717, 1.165) is 0 Å². The van der Waals surface area contributed by atoms with Gasteiger partial charge in [-0.05, 0) is 0 Å². The topological polar surface area (TPSA) is 49.2 Å². The van der Waals surface area contributed by atoms with Crippen LogP contribution < -0.4 is 4.90 Å². The van der Waals surface area contributed by atoms with Gasteiger partial charge in [-0.1, -0.05) is 0 Å². The molecule has 1 aliphatic rings. The second-order valence-corrected chi connectivity index (χ2v) is 3.87. The van der Waals surface area contributed by atoms with Gasteiger partial charge in [-0.2, -0.15) is 0 Å². The van der Waals surface area contributed by atoms with Crippen LogP contribution >= 0.6 is 0 Å². The van der Waals surface area contributed by atoms with E-state index in [1.807, 2.05) is 0 Å². The largest absolute Gasteiger partial charge is 0.390 e. The average Bonchev–Trinajstić information content (AvgIpc) is 2.29. The molecule has 0 amide bonds. The van der Waals surface area contributed by atoms with Crippen molar-refractivity contribution in [1.29, 1.82) is 0 Å². The van der Waals surface area contributed by atoms with Gasteiger partial charge in [0, 0.05) is 32.0 Å². The second kappa shape index (κ2) is 4.29. The van der Waals surface area contributed by atoms with Crippen molar-refractivity contribution >= 4 is 5.82 Å². The summed E-state index contributed by atoms with van der Waals surface area (Å²) in [5.41, 5.74) is 0.502. The van der Waals surface area contributed by atoms with Crippen LogP contribution in [0, 0.1) is 0 Å². The molecule has 88 valence electrons. The van der Waals surface area contributed by atoms with Gasteiger partial charge in [-0.3, -0.25) is 0 Å². The molecule has 1 aromatic rings. The number of hydrogen-bond donors (Lipinski definition) is 1. The Morgan fingerprint density at radius 1 is 1.31 bits per heavy atom. The van der Waals surface area contributed by atoms with E-state index in [0.29, 0.717) is 11.5 Å². The third kappa shape index (κ3) is 2.44. The van der Waals surface area contributed by atoms with Crippen molar-refractivity contribution in [3.8, 4) is 0 Å². The maximum atomic E-state index is 12.9. The van der Waals surface area contributed by atoms with Crippen LogP contribution in [0.4, 0.5) is 14.6 Å². The summed E-state index contributed by atoms with van der Waals surface area (Å²) in [5.74, 6) is -1.95. The van der Waals surface area contributed by atoms with Crippen LogP contribution in [0.5, 0.6) is 0 Å². The highest BCUT2D eigenvalue weighted by molar-refractivity contribution is 5.39. The quantitative estimate of drug-likeness (QED) is 0.828. The van der Waals surface area contributed by atoms with Gasteiger partial charge in [0.2, 0.25) is 0 Å². The van der Waals surface area contributed by atoms with E-state index < -0.39 is 5.92 Å². The molecular weight excluding hydrogens is 216 g/mol. The zero-order valence-electron chi connectivity index (χ0n) is 8.74. The van der Waals surface area contributed by atoms with E-state index >= 15 is 0 Å². The Labute approximate surface area is 91.9 Å². The standard InChI is InChI=1S/C10H13F2N3O/c11-10(12)1-3-15(4-2-10)9-5-8(6-16)13-7-14-9/h5,7,16H,1-4,6H2. The average molecular weight is 229 g/mol. The number of piperidine rings is 1. The molecule has 0 atom stereocenters. The van der Waals surface area contributed by atoms with E-state index in [9.17, 15) is 8.78 Å². The highest BCUT2D eigenvalue weighted by atomic mass is 19.3. The maximum absolute atomic E-state index is 12.9. The first-order valence-corrected chi connectivity index (χ1v) is 5.15. The number of aliphatic hydroxyl groups excluding tert-OH is 1. The van der Waals surface area contributed by atoms with Crippen molar-refractivity contribution in [2.75, 3.05) is 18.0 Å². The molecule has 0 saturated carbocycles. The number of rotatable bonds is 2. The van der Waals surface area contributed by atoms with Crippen molar-refractivity contribution < 1.29 is 13.9 Å². The molecule has 0 aromatic carbocycles. The molecule has 0 bridgehead atoms. The predicted molar refractivity (Wildman–Crippen MR) is 54.3 cm³/mol. The fourth-order valence-corrected chi connectivity index (χ4v) is 1.71. The van der Waals surface area contributed by atoms with E-state index in [4.69, 9.17) is 5.11 Å². The van der Waals surface area contributed by atoms with E-state index in [2.05, 4.69) is 9.97 Å². The minimum atomic E-state index is -2.55. The van der Waals surface area contributed by atoms with Gasteiger partial charge in [0.15, 0.2) is 0 Å². The summed E-state index contributed by atoms with van der Waals surface area (Å²) in [6.07, 6.45) is 1.05. The molecule has 0 unspecified atom stereocenters. The van der Waals surface area contributed by atoms with Gasteiger partial charge in [-0.25, -0.2) is 18.7 Å². The lowest BCUT2D eigenvalue weighted by Crippen LogP contribution is -2.39. The predicted octanol–water partition coefficient (Wildman–Crippen LogP) is 1.20. The van der Waals surface area contributed by atoms with E-state index in [1.54, 1.807) is 11.0 Å². The summed E-state index contributed by atoms with van der Waals surface area (Å²) in [7, 11) is 0. The zero-order valence-corrected chi connectivity index (χ0v) is 8.74. The Hall–Kier alpha value is -1.30. The summed E-state index contributed by atoms with van der Waals surface area (Å²) in [6.45, 7) is 0.406. The van der Waals surface area contributed by atoms with Crippen LogP contribution in [0.15, 0.2) is 12.4 Å². The number of nitrogens with zero attached hydrogens (tertiary/aromatic N) is 3. The van der Waals surface area contributed by atoms with Crippen molar-refractivity contribution in [2.24, 2.45) is 0 Å². The van der Waals surface area contributed by atoms with Gasteiger partial charge in [0.1, 0.15) is 12.1 Å². The lowest BCUT2D eigenvalue weighted by atomic mass is 10.1. The number of aliphatic hydroxyl groups is 1. The Morgan fingerprint density at radius 2 is 2.00 bits per heavy atom. The van der Waals surface area contributed by atoms with Crippen LogP contribution in [-0.4, -0.2) is 34.1 Å². The molecule has 4 nitrogen and oxygen atoms in total. The number of halogens is 2. The molecule has 1 saturated heterocycles. The minimum absolute atomic E-state index is 0.147. The van der Waals surface area contributed by atoms with Crippen LogP contribution in [-0.2, 0) is 6.61 Å². The summed E-state index contributed by atoms with van der Waals surface area (Å²) in [6, 6.07) is 1.63. The first-order chi connectivity index (χ1) is 7.61. The first-order valence-electron chi connectivity index (χ1n) is 5.15. The number of anilines is 1. The summed E-state index contributed by atoms with van der Waals surface area (Å²) in [4.78, 5) is 9.65. The molecular formula is C10H13F2N3O. The third-order valence-corrected chi connectivity index (χ3v) is 2.69. The molecule has 2 heterocycles. The molecule has 1 aromatic heterocycles. The normalized spacial score (nSPS) is 19.8. The smallest absolute Gasteiger partial charge is 0.251 e. The lowest BCUT2D eigenvalue weighted by molar-refractivity contribution is -0.0221. The van der Waals surface area contributed by atoms with Gasteiger partial charge in [0.05, 0.1) is 12.3 Å². The summed E-state index contributed by atoms with van der Waals surface area (Å²) < 4.78 is 25.9. The molecule has 2 rings (SSSR count). The van der Waals surface area contributed by atoms with Crippen LogP contribution in [0.3, 0.4) is 0 Å². The maximum Gasteiger partial charge on any atom is 0.251 e. The van der Waals surface area contributed by atoms with Crippen LogP contribution in [0.25, 0.3) is 0 Å². The van der Waals surface area contributed by atoms with Gasteiger partial charge < -0.3 is 10.0 Å². The van der Waals surface area contributed by atoms with Crippen molar-refractivity contribution in [3.05, 3.63) is 18.1 Å². The van der Waals surface area contributed by atoms with Crippen molar-refractivity contribution in [3.63, 3.8) is 0 Å². The lowest BCUT2D eigenvalue weighted by Gasteiger charge is -2.32. The third-order valence-electron chi connectivity index (χ3n) is 2.69. The Kier molecular flexibility index (Phi) is 3.00. The Bertz CT molecular complexity index is 363. The summed E-state index contributed by atoms with van der Waals surface area (Å²) in [5, 5.41) is 8.91. The molecule has 0 radical (unpaired) electrons. The molecule has 0 spiro atoms. The van der Waals surface area contributed by atoms with E-state index in [-0.39, 0.29) is 32.5 Å². The zero-order chi connectivity index (χ0) is 11.6. The number of alkyl halides is 2. The molecule has 16 heavy (non-hydrogen) atoms. The highest BCUT2D eigenvalue weighted by Gasteiger charge is 2.34. The molecule has 1 aliphatic heterocycles. The first kappa shape index (κ1) is 11.2. The van der Waals surface area contributed by atoms with E-state index in [1.165, 1.54) is 6.33 Å². The monoisotopic (exact) mass is 229 g/mol. The molecule has 1 N–H and O–H groups in total. The molecule has 1 fully saturated rings. The number of aromatic nitrogens is 2. The molecule has 0 aliphatic carbocycles. The Morgan fingerprint density at radius 3 is 2.62 bits per heavy atom. The van der Waals surface area contributed by atoms with Crippen molar-refractivity contribution in [2.45, 2.75) is 25.4 Å². The van der Waals surface area contributed by atoms with Gasteiger partial charge >= 0.3 is 0 Å².